The molecule has 0 saturated carbocycles. The van der Waals surface area contributed by atoms with Crippen molar-refractivity contribution in [3.63, 3.8) is 0 Å². The summed E-state index contributed by atoms with van der Waals surface area (Å²) in [5, 5.41) is 0. The Morgan fingerprint density at radius 3 is 2.37 bits per heavy atom. The molecule has 0 atom stereocenters. The summed E-state index contributed by atoms with van der Waals surface area (Å²) in [5.74, 6) is 0.232. The summed E-state index contributed by atoms with van der Waals surface area (Å²) in [6, 6.07) is 6.41. The van der Waals surface area contributed by atoms with Gasteiger partial charge in [-0.15, -0.1) is 0 Å². The van der Waals surface area contributed by atoms with E-state index in [1.165, 1.54) is 16.8 Å². The second-order valence-corrected chi connectivity index (χ2v) is 7.55. The highest BCUT2D eigenvalue weighted by Crippen LogP contribution is 2.24. The molecule has 1 aliphatic rings. The molecule has 1 aromatic rings. The monoisotopic (exact) mass is 373 g/mol. The lowest BCUT2D eigenvalue weighted by atomic mass is 10.1. The van der Waals surface area contributed by atoms with Crippen LogP contribution in [0.3, 0.4) is 0 Å². The van der Waals surface area contributed by atoms with Gasteiger partial charge in [0.2, 0.25) is 11.8 Å². The molecule has 1 heterocycles. The number of carbonyl (C=O) groups excluding carboxylic acids is 2. The van der Waals surface area contributed by atoms with Crippen molar-refractivity contribution in [3.05, 3.63) is 29.3 Å². The van der Waals surface area contributed by atoms with Gasteiger partial charge in [-0.25, -0.2) is 0 Å². The maximum absolute atomic E-state index is 12.6. The van der Waals surface area contributed by atoms with E-state index in [2.05, 4.69) is 43.9 Å². The molecule has 0 aromatic heterocycles. The Kier molecular flexibility index (Phi) is 8.14. The van der Waals surface area contributed by atoms with Crippen LogP contribution in [0.5, 0.6) is 0 Å². The van der Waals surface area contributed by atoms with Gasteiger partial charge in [0.1, 0.15) is 0 Å². The zero-order chi connectivity index (χ0) is 19.8. The largest absolute Gasteiger partial charge is 0.368 e. The van der Waals surface area contributed by atoms with Crippen LogP contribution < -0.4 is 4.90 Å². The minimum atomic E-state index is 0.0682. The Hall–Kier alpha value is -2.04. The second kappa shape index (κ2) is 10.3. The lowest BCUT2D eigenvalue weighted by molar-refractivity contribution is -0.133. The Morgan fingerprint density at radius 1 is 1.04 bits per heavy atom. The third-order valence-electron chi connectivity index (χ3n) is 5.62. The number of amides is 2. The quantitative estimate of drug-likeness (QED) is 0.656. The van der Waals surface area contributed by atoms with Gasteiger partial charge in [-0.1, -0.05) is 31.9 Å². The summed E-state index contributed by atoms with van der Waals surface area (Å²) in [6.07, 6.45) is 3.70. The van der Waals surface area contributed by atoms with Crippen LogP contribution in [0, 0.1) is 13.8 Å². The molecule has 2 amide bonds. The number of anilines is 1. The van der Waals surface area contributed by atoms with Crippen molar-refractivity contribution in [2.45, 2.75) is 53.4 Å². The molecule has 0 aliphatic carbocycles. The average Bonchev–Trinajstić information content (AvgIpc) is 2.66. The van der Waals surface area contributed by atoms with Crippen LogP contribution in [-0.4, -0.2) is 60.9 Å². The third kappa shape index (κ3) is 5.98. The molecule has 1 fully saturated rings. The van der Waals surface area contributed by atoms with E-state index < -0.39 is 0 Å². The third-order valence-corrected chi connectivity index (χ3v) is 5.62. The predicted octanol–water partition coefficient (Wildman–Crippen LogP) is 3.38. The van der Waals surface area contributed by atoms with E-state index in [1.54, 1.807) is 6.92 Å². The molecule has 1 saturated heterocycles. The fraction of sp³-hybridized carbons (Fsp3) is 0.636. The number of unbranched alkanes of at least 4 members (excludes halogenated alkanes) is 2. The molecular weight excluding hydrogens is 338 g/mol. The molecule has 150 valence electrons. The van der Waals surface area contributed by atoms with Gasteiger partial charge >= 0.3 is 0 Å². The first-order chi connectivity index (χ1) is 12.9. The van der Waals surface area contributed by atoms with Gasteiger partial charge < -0.3 is 14.7 Å². The normalized spacial score (nSPS) is 14.4. The summed E-state index contributed by atoms with van der Waals surface area (Å²) in [5.41, 5.74) is 3.90. The summed E-state index contributed by atoms with van der Waals surface area (Å²) in [7, 11) is 0. The van der Waals surface area contributed by atoms with Crippen molar-refractivity contribution in [2.24, 2.45) is 0 Å². The molecule has 5 nitrogen and oxygen atoms in total. The smallest absolute Gasteiger partial charge is 0.224 e. The number of benzene rings is 1. The van der Waals surface area contributed by atoms with E-state index in [1.807, 2.05) is 9.80 Å². The van der Waals surface area contributed by atoms with Crippen LogP contribution in [0.2, 0.25) is 0 Å². The highest BCUT2D eigenvalue weighted by Gasteiger charge is 2.23. The van der Waals surface area contributed by atoms with E-state index >= 15 is 0 Å². The predicted molar refractivity (Wildman–Crippen MR) is 111 cm³/mol. The van der Waals surface area contributed by atoms with Crippen molar-refractivity contribution in [3.8, 4) is 0 Å². The first-order valence-electron chi connectivity index (χ1n) is 10.3. The molecule has 0 unspecified atom stereocenters. The Morgan fingerprint density at radius 2 is 1.74 bits per heavy atom. The number of aryl methyl sites for hydroxylation is 1. The van der Waals surface area contributed by atoms with Crippen molar-refractivity contribution >= 4 is 17.5 Å². The first-order valence-corrected chi connectivity index (χ1v) is 10.3. The van der Waals surface area contributed by atoms with Crippen LogP contribution in [0.15, 0.2) is 18.2 Å². The lowest BCUT2D eigenvalue weighted by Crippen LogP contribution is -2.49. The number of nitrogens with zero attached hydrogens (tertiary/aromatic N) is 3. The van der Waals surface area contributed by atoms with E-state index in [0.29, 0.717) is 13.0 Å². The van der Waals surface area contributed by atoms with Crippen molar-refractivity contribution in [1.82, 2.24) is 9.80 Å². The van der Waals surface area contributed by atoms with Crippen molar-refractivity contribution in [1.29, 1.82) is 0 Å². The Labute approximate surface area is 164 Å². The minimum Gasteiger partial charge on any atom is -0.368 e. The van der Waals surface area contributed by atoms with Gasteiger partial charge in [0, 0.05) is 58.3 Å². The highest BCUT2D eigenvalue weighted by molar-refractivity contribution is 5.78. The fourth-order valence-electron chi connectivity index (χ4n) is 3.64. The van der Waals surface area contributed by atoms with E-state index in [-0.39, 0.29) is 11.8 Å². The van der Waals surface area contributed by atoms with Gasteiger partial charge in [0.05, 0.1) is 0 Å². The molecule has 0 spiro atoms. The summed E-state index contributed by atoms with van der Waals surface area (Å²) < 4.78 is 0. The SMILES string of the molecule is CCCCCN(CCC(=O)N1CCN(c2cccc(C)c2C)CC1)C(C)=O. The maximum Gasteiger partial charge on any atom is 0.224 e. The molecule has 0 radical (unpaired) electrons. The maximum atomic E-state index is 12.6. The van der Waals surface area contributed by atoms with Gasteiger partial charge in [-0.3, -0.25) is 9.59 Å². The fourth-order valence-corrected chi connectivity index (χ4v) is 3.64. The second-order valence-electron chi connectivity index (χ2n) is 7.55. The van der Waals surface area contributed by atoms with Gasteiger partial charge in [0.25, 0.3) is 0 Å². The van der Waals surface area contributed by atoms with Gasteiger partial charge in [-0.05, 0) is 37.5 Å². The molecular formula is C22H35N3O2. The highest BCUT2D eigenvalue weighted by atomic mass is 16.2. The number of rotatable bonds is 8. The number of hydrogen-bond acceptors (Lipinski definition) is 3. The molecule has 1 aromatic carbocycles. The van der Waals surface area contributed by atoms with E-state index in [4.69, 9.17) is 0 Å². The van der Waals surface area contributed by atoms with Crippen molar-refractivity contribution in [2.75, 3.05) is 44.2 Å². The molecule has 0 bridgehead atoms. The molecule has 2 rings (SSSR count). The van der Waals surface area contributed by atoms with Gasteiger partial charge in [-0.2, -0.15) is 0 Å². The topological polar surface area (TPSA) is 43.9 Å². The zero-order valence-electron chi connectivity index (χ0n) is 17.5. The van der Waals surface area contributed by atoms with Crippen LogP contribution in [-0.2, 0) is 9.59 Å². The summed E-state index contributed by atoms with van der Waals surface area (Å²) in [4.78, 5) is 30.5. The number of piperazine rings is 1. The summed E-state index contributed by atoms with van der Waals surface area (Å²) in [6.45, 7) is 12.6. The van der Waals surface area contributed by atoms with Crippen LogP contribution in [0.25, 0.3) is 0 Å². The average molecular weight is 374 g/mol. The number of hydrogen-bond donors (Lipinski definition) is 0. The zero-order valence-corrected chi connectivity index (χ0v) is 17.5. The number of carbonyl (C=O) groups is 2. The molecule has 27 heavy (non-hydrogen) atoms. The van der Waals surface area contributed by atoms with Crippen LogP contribution in [0.4, 0.5) is 5.69 Å². The molecule has 0 N–H and O–H groups in total. The Balaban J connectivity index is 1.82. The van der Waals surface area contributed by atoms with Crippen LogP contribution in [0.1, 0.15) is 50.7 Å². The minimum absolute atomic E-state index is 0.0682. The first kappa shape index (κ1) is 21.3. The standard InChI is InChI=1S/C22H35N3O2/c1-5-6-7-12-23(20(4)26)13-11-22(27)25-16-14-24(15-17-25)21-10-8-9-18(2)19(21)3/h8-10H,5-7,11-17H2,1-4H3. The molecule has 5 heteroatoms. The summed E-state index contributed by atoms with van der Waals surface area (Å²) >= 11 is 0. The van der Waals surface area contributed by atoms with Crippen LogP contribution >= 0.6 is 0 Å². The van der Waals surface area contributed by atoms with Crippen molar-refractivity contribution < 1.29 is 9.59 Å². The van der Waals surface area contributed by atoms with Gasteiger partial charge in [0.15, 0.2) is 0 Å². The van der Waals surface area contributed by atoms with E-state index in [9.17, 15) is 9.59 Å². The lowest BCUT2D eigenvalue weighted by Gasteiger charge is -2.37. The molecule has 1 aliphatic heterocycles. The van der Waals surface area contributed by atoms with E-state index in [0.717, 1.165) is 52.0 Å². The Bertz CT molecular complexity index is 636.